The van der Waals surface area contributed by atoms with Crippen LogP contribution in [0.5, 0.6) is 5.75 Å². The number of carboxylic acid groups (broad SMARTS) is 1. The number of methoxy groups -OCH3 is 1. The van der Waals surface area contributed by atoms with Crippen molar-refractivity contribution in [2.75, 3.05) is 7.11 Å². The van der Waals surface area contributed by atoms with E-state index in [0.29, 0.717) is 18.9 Å². The summed E-state index contributed by atoms with van der Waals surface area (Å²) in [5, 5.41) is 8.12. The zero-order chi connectivity index (χ0) is 12.7. The predicted molar refractivity (Wildman–Crippen MR) is 65.9 cm³/mol. The third-order valence-corrected chi connectivity index (χ3v) is 2.55. The van der Waals surface area contributed by atoms with E-state index in [2.05, 4.69) is 0 Å². The van der Waals surface area contributed by atoms with E-state index in [1.807, 2.05) is 24.3 Å². The molecule has 1 aromatic carbocycles. The van der Waals surface area contributed by atoms with Gasteiger partial charge in [0.05, 0.1) is 7.11 Å². The van der Waals surface area contributed by atoms with Gasteiger partial charge in [-0.15, -0.1) is 0 Å². The number of aliphatic carboxylic acids is 1. The number of carboxylic acids is 1. The zero-order valence-electron chi connectivity index (χ0n) is 10.1. The Balaban J connectivity index is 0.000000181. The molecule has 0 aliphatic heterocycles. The lowest BCUT2D eigenvalue weighted by atomic mass is 10.2. The first-order valence-corrected chi connectivity index (χ1v) is 5.70. The highest BCUT2D eigenvalue weighted by Crippen LogP contribution is 2.31. The van der Waals surface area contributed by atoms with Crippen LogP contribution in [0.2, 0.25) is 0 Å². The number of ether oxygens (including phenoxy) is 1. The molecule has 0 saturated heterocycles. The number of rotatable bonds is 4. The van der Waals surface area contributed by atoms with Crippen molar-refractivity contribution < 1.29 is 14.6 Å². The molecule has 4 nitrogen and oxygen atoms in total. The predicted octanol–water partition coefficient (Wildman–Crippen LogP) is 2.02. The van der Waals surface area contributed by atoms with Crippen molar-refractivity contribution in [3.05, 3.63) is 29.8 Å². The van der Waals surface area contributed by atoms with Crippen LogP contribution in [-0.2, 0) is 11.3 Å². The van der Waals surface area contributed by atoms with Gasteiger partial charge in [0.25, 0.3) is 0 Å². The molecule has 2 rings (SSSR count). The molecule has 17 heavy (non-hydrogen) atoms. The first-order chi connectivity index (χ1) is 8.15. The van der Waals surface area contributed by atoms with Crippen LogP contribution in [-0.4, -0.2) is 18.2 Å². The molecule has 0 atom stereocenters. The fourth-order valence-corrected chi connectivity index (χ4v) is 1.33. The molecule has 1 saturated carbocycles. The molecule has 0 heterocycles. The summed E-state index contributed by atoms with van der Waals surface area (Å²) in [6.07, 6.45) is 2.65. The number of benzene rings is 1. The van der Waals surface area contributed by atoms with E-state index in [4.69, 9.17) is 15.6 Å². The molecule has 1 fully saturated rings. The highest BCUT2D eigenvalue weighted by molar-refractivity contribution is 5.67. The minimum atomic E-state index is -0.650. The molecule has 4 heteroatoms. The Kier molecular flexibility index (Phi) is 5.49. The molecule has 0 radical (unpaired) electrons. The van der Waals surface area contributed by atoms with Gasteiger partial charge in [0.1, 0.15) is 5.75 Å². The van der Waals surface area contributed by atoms with Gasteiger partial charge in [0.15, 0.2) is 0 Å². The van der Waals surface area contributed by atoms with E-state index >= 15 is 0 Å². The van der Waals surface area contributed by atoms with Crippen LogP contribution in [0.3, 0.4) is 0 Å². The fraction of sp³-hybridized carbons (Fsp3) is 0.462. The van der Waals surface area contributed by atoms with Crippen molar-refractivity contribution in [3.63, 3.8) is 0 Å². The van der Waals surface area contributed by atoms with Gasteiger partial charge in [0.2, 0.25) is 0 Å². The van der Waals surface area contributed by atoms with Crippen LogP contribution in [0.15, 0.2) is 24.3 Å². The van der Waals surface area contributed by atoms with Gasteiger partial charge in [0, 0.05) is 13.0 Å². The van der Waals surface area contributed by atoms with Gasteiger partial charge in [-0.05, 0) is 36.5 Å². The quantitative estimate of drug-likeness (QED) is 0.840. The molecule has 0 aromatic heterocycles. The average Bonchev–Trinajstić information content (AvgIpc) is 3.13. The lowest BCUT2D eigenvalue weighted by molar-refractivity contribution is -0.137. The third kappa shape index (κ3) is 5.92. The molecule has 0 unspecified atom stereocenters. The Labute approximate surface area is 101 Å². The number of carbonyl (C=O) groups is 1. The van der Waals surface area contributed by atoms with Gasteiger partial charge in [-0.3, -0.25) is 4.79 Å². The lowest BCUT2D eigenvalue weighted by Crippen LogP contribution is -1.95. The molecule has 3 N–H and O–H groups in total. The Bertz CT molecular complexity index is 321. The molecule has 0 spiro atoms. The van der Waals surface area contributed by atoms with E-state index in [0.717, 1.165) is 24.2 Å². The molecule has 94 valence electrons. The monoisotopic (exact) mass is 237 g/mol. The van der Waals surface area contributed by atoms with Crippen molar-refractivity contribution >= 4 is 5.97 Å². The highest BCUT2D eigenvalue weighted by Gasteiger charge is 2.23. The van der Waals surface area contributed by atoms with E-state index in [9.17, 15) is 4.79 Å². The van der Waals surface area contributed by atoms with Crippen molar-refractivity contribution in [1.29, 1.82) is 0 Å². The van der Waals surface area contributed by atoms with Crippen molar-refractivity contribution in [2.24, 2.45) is 11.7 Å². The summed E-state index contributed by atoms with van der Waals surface area (Å²) >= 11 is 0. The third-order valence-electron chi connectivity index (χ3n) is 2.55. The van der Waals surface area contributed by atoms with Crippen molar-refractivity contribution in [2.45, 2.75) is 25.8 Å². The maximum absolute atomic E-state index is 9.85. The van der Waals surface area contributed by atoms with E-state index in [-0.39, 0.29) is 0 Å². The van der Waals surface area contributed by atoms with Crippen LogP contribution in [0, 0.1) is 5.92 Å². The topological polar surface area (TPSA) is 72.5 Å². The van der Waals surface area contributed by atoms with Gasteiger partial charge >= 0.3 is 5.97 Å². The Morgan fingerprint density at radius 1 is 1.41 bits per heavy atom. The molecule has 1 aromatic rings. The molecular weight excluding hydrogens is 218 g/mol. The molecule has 0 amide bonds. The van der Waals surface area contributed by atoms with E-state index < -0.39 is 5.97 Å². The molecule has 0 bridgehead atoms. The first kappa shape index (κ1) is 13.5. The minimum Gasteiger partial charge on any atom is -0.497 e. The van der Waals surface area contributed by atoms with Gasteiger partial charge < -0.3 is 15.6 Å². The summed E-state index contributed by atoms with van der Waals surface area (Å²) in [7, 11) is 1.65. The second-order valence-corrected chi connectivity index (χ2v) is 4.09. The summed E-state index contributed by atoms with van der Waals surface area (Å²) in [6, 6.07) is 7.72. The fourth-order valence-electron chi connectivity index (χ4n) is 1.33. The second kappa shape index (κ2) is 6.91. The van der Waals surface area contributed by atoms with Gasteiger partial charge in [-0.25, -0.2) is 0 Å². The summed E-state index contributed by atoms with van der Waals surface area (Å²) in [6.45, 7) is 0.587. The second-order valence-electron chi connectivity index (χ2n) is 4.09. The van der Waals surface area contributed by atoms with Crippen molar-refractivity contribution in [1.82, 2.24) is 0 Å². The van der Waals surface area contributed by atoms with E-state index in [1.54, 1.807) is 7.11 Å². The summed E-state index contributed by atoms with van der Waals surface area (Å²) in [4.78, 5) is 9.85. The number of nitrogens with two attached hydrogens (primary N) is 1. The molecule has 1 aliphatic carbocycles. The molecular formula is C13H19NO3. The van der Waals surface area contributed by atoms with Crippen LogP contribution in [0.25, 0.3) is 0 Å². The largest absolute Gasteiger partial charge is 0.497 e. The normalized spacial score (nSPS) is 13.5. The summed E-state index contributed by atoms with van der Waals surface area (Å²) < 4.78 is 4.97. The molecule has 1 aliphatic rings. The van der Waals surface area contributed by atoms with Crippen LogP contribution < -0.4 is 10.5 Å². The van der Waals surface area contributed by atoms with Crippen LogP contribution in [0.1, 0.15) is 24.8 Å². The maximum atomic E-state index is 9.85. The highest BCUT2D eigenvalue weighted by atomic mass is 16.5. The van der Waals surface area contributed by atoms with E-state index in [1.165, 1.54) is 0 Å². The van der Waals surface area contributed by atoms with Gasteiger partial charge in [-0.1, -0.05) is 12.1 Å². The first-order valence-electron chi connectivity index (χ1n) is 5.70. The smallest absolute Gasteiger partial charge is 0.303 e. The Morgan fingerprint density at radius 3 is 2.29 bits per heavy atom. The van der Waals surface area contributed by atoms with Crippen LogP contribution in [0.4, 0.5) is 0 Å². The average molecular weight is 237 g/mol. The SMILES string of the molecule is COc1ccc(CN)cc1.O=C(O)CC1CC1. The Hall–Kier alpha value is -1.55. The minimum absolute atomic E-state index is 0.389. The summed E-state index contributed by atoms with van der Waals surface area (Å²) in [5.41, 5.74) is 6.53. The standard InChI is InChI=1S/C8H11NO.C5H8O2/c1-10-8-4-2-7(6-9)3-5-8;6-5(7)3-4-1-2-4/h2-5H,6,9H2,1H3;4H,1-3H2,(H,6,7). The lowest BCUT2D eigenvalue weighted by Gasteiger charge is -1.99. The number of hydrogen-bond donors (Lipinski definition) is 2. The van der Waals surface area contributed by atoms with Crippen molar-refractivity contribution in [3.8, 4) is 5.75 Å². The van der Waals surface area contributed by atoms with Gasteiger partial charge in [-0.2, -0.15) is 0 Å². The summed E-state index contributed by atoms with van der Waals surface area (Å²) in [5.74, 6) is 0.747. The van der Waals surface area contributed by atoms with Crippen LogP contribution >= 0.6 is 0 Å². The Morgan fingerprint density at radius 2 is 2.00 bits per heavy atom. The maximum Gasteiger partial charge on any atom is 0.303 e. The zero-order valence-corrected chi connectivity index (χ0v) is 10.1. The number of hydrogen-bond acceptors (Lipinski definition) is 3.